The van der Waals surface area contributed by atoms with Gasteiger partial charge in [-0.3, -0.25) is 14.5 Å². The number of rotatable bonds is 9. The van der Waals surface area contributed by atoms with Gasteiger partial charge in [-0.1, -0.05) is 37.6 Å². The molecule has 0 saturated carbocycles. The molecule has 3 atom stereocenters. The van der Waals surface area contributed by atoms with E-state index in [0.29, 0.717) is 18.2 Å². The highest BCUT2D eigenvalue weighted by Crippen LogP contribution is 2.34. The largest absolute Gasteiger partial charge is 0.381 e. The number of anilines is 1. The predicted octanol–water partition coefficient (Wildman–Crippen LogP) is 5.54. The molecule has 0 aliphatic carbocycles. The molecule has 2 amide bonds. The van der Waals surface area contributed by atoms with Gasteiger partial charge < -0.3 is 20.3 Å². The topological polar surface area (TPSA) is 73.9 Å². The molecule has 5 rings (SSSR count). The average Bonchev–Trinajstić information content (AvgIpc) is 2.99. The van der Waals surface area contributed by atoms with E-state index in [2.05, 4.69) is 71.5 Å². The molecule has 7 nitrogen and oxygen atoms in total. The second-order valence-corrected chi connectivity index (χ2v) is 12.8. The van der Waals surface area contributed by atoms with E-state index in [1.807, 2.05) is 13.0 Å². The van der Waals surface area contributed by atoms with Crippen molar-refractivity contribution >= 4 is 17.5 Å². The van der Waals surface area contributed by atoms with Crippen LogP contribution in [-0.4, -0.2) is 68.2 Å². The number of carbonyl (C=O) groups is 2. The third-order valence-electron chi connectivity index (χ3n) is 9.67. The fraction of sp³-hybridized carbons (Fsp3) is 0.600. The lowest BCUT2D eigenvalue weighted by atomic mass is 9.84. The lowest BCUT2D eigenvalue weighted by molar-refractivity contribution is -0.129. The first-order valence-corrected chi connectivity index (χ1v) is 16.2. The number of nitrogens with one attached hydrogen (secondary N) is 2. The van der Waals surface area contributed by atoms with E-state index in [1.54, 1.807) is 0 Å². The summed E-state index contributed by atoms with van der Waals surface area (Å²) in [6, 6.07) is 13.8. The van der Waals surface area contributed by atoms with Gasteiger partial charge in [0.1, 0.15) is 0 Å². The zero-order valence-electron chi connectivity index (χ0n) is 26.1. The van der Waals surface area contributed by atoms with Gasteiger partial charge in [0, 0.05) is 56.2 Å². The van der Waals surface area contributed by atoms with Crippen LogP contribution in [0.2, 0.25) is 0 Å². The van der Waals surface area contributed by atoms with Gasteiger partial charge in [0.15, 0.2) is 0 Å². The molecule has 0 aromatic heterocycles. The second-order valence-electron chi connectivity index (χ2n) is 12.8. The molecule has 3 saturated heterocycles. The van der Waals surface area contributed by atoms with E-state index in [1.165, 1.54) is 37.9 Å². The summed E-state index contributed by atoms with van der Waals surface area (Å²) in [6.07, 6.45) is 6.82. The molecule has 0 bridgehead atoms. The predicted molar refractivity (Wildman–Crippen MR) is 170 cm³/mol. The van der Waals surface area contributed by atoms with Gasteiger partial charge in [-0.25, -0.2) is 0 Å². The first-order chi connectivity index (χ1) is 20.3. The molecule has 2 aromatic rings. The molecule has 3 aliphatic heterocycles. The van der Waals surface area contributed by atoms with E-state index in [-0.39, 0.29) is 29.7 Å². The second kappa shape index (κ2) is 14.0. The number of likely N-dealkylation sites (tertiary alicyclic amines) is 1. The molecule has 228 valence electrons. The van der Waals surface area contributed by atoms with Gasteiger partial charge in [-0.15, -0.1) is 0 Å². The highest BCUT2D eigenvalue weighted by molar-refractivity contribution is 5.99. The van der Waals surface area contributed by atoms with Crippen molar-refractivity contribution in [1.82, 2.24) is 15.5 Å². The van der Waals surface area contributed by atoms with Crippen molar-refractivity contribution in [2.75, 3.05) is 44.3 Å². The molecule has 3 fully saturated rings. The van der Waals surface area contributed by atoms with Gasteiger partial charge >= 0.3 is 0 Å². The Morgan fingerprint density at radius 3 is 2.43 bits per heavy atom. The minimum Gasteiger partial charge on any atom is -0.381 e. The van der Waals surface area contributed by atoms with E-state index >= 15 is 0 Å². The fourth-order valence-corrected chi connectivity index (χ4v) is 7.18. The summed E-state index contributed by atoms with van der Waals surface area (Å²) < 4.78 is 5.67. The van der Waals surface area contributed by atoms with Crippen molar-refractivity contribution in [2.24, 2.45) is 11.8 Å². The molecule has 3 unspecified atom stereocenters. The Bertz CT molecular complexity index is 1220. The van der Waals surface area contributed by atoms with Crippen molar-refractivity contribution in [2.45, 2.75) is 84.8 Å². The van der Waals surface area contributed by atoms with E-state index < -0.39 is 0 Å². The quantitative estimate of drug-likeness (QED) is 0.411. The van der Waals surface area contributed by atoms with Crippen LogP contribution < -0.4 is 15.5 Å². The first kappa shape index (κ1) is 30.6. The molecule has 7 heteroatoms. The molecule has 3 aliphatic rings. The molecule has 42 heavy (non-hydrogen) atoms. The minimum atomic E-state index is -0.213. The van der Waals surface area contributed by atoms with Crippen LogP contribution in [0.25, 0.3) is 11.1 Å². The van der Waals surface area contributed by atoms with Crippen molar-refractivity contribution < 1.29 is 14.3 Å². The molecular weight excluding hydrogens is 524 g/mol. The van der Waals surface area contributed by atoms with E-state index in [0.717, 1.165) is 67.9 Å². The van der Waals surface area contributed by atoms with Crippen LogP contribution in [0.15, 0.2) is 36.4 Å². The number of amides is 2. The maximum atomic E-state index is 13.8. The van der Waals surface area contributed by atoms with Crippen molar-refractivity contribution in [3.8, 4) is 11.1 Å². The molecular formula is C35H50N4O3. The van der Waals surface area contributed by atoms with Gasteiger partial charge in [-0.05, 0) is 106 Å². The average molecular weight is 575 g/mol. The minimum absolute atomic E-state index is 0.0361. The lowest BCUT2D eigenvalue weighted by Gasteiger charge is -2.37. The number of ether oxygens (including phenoxy) is 1. The summed E-state index contributed by atoms with van der Waals surface area (Å²) in [7, 11) is 0. The first-order valence-electron chi connectivity index (χ1n) is 16.2. The maximum Gasteiger partial charge on any atom is 0.251 e. The third kappa shape index (κ3) is 7.17. The smallest absolute Gasteiger partial charge is 0.251 e. The zero-order chi connectivity index (χ0) is 29.6. The fourth-order valence-electron chi connectivity index (χ4n) is 7.18. The van der Waals surface area contributed by atoms with Crippen LogP contribution in [0, 0.1) is 18.8 Å². The Kier molecular flexibility index (Phi) is 10.2. The molecule has 3 heterocycles. The molecule has 2 N–H and O–H groups in total. The van der Waals surface area contributed by atoms with Crippen molar-refractivity contribution in [1.29, 1.82) is 0 Å². The van der Waals surface area contributed by atoms with Crippen LogP contribution in [-0.2, 0) is 16.1 Å². The molecule has 0 spiro atoms. The Morgan fingerprint density at radius 2 is 1.76 bits per heavy atom. The van der Waals surface area contributed by atoms with E-state index in [4.69, 9.17) is 4.74 Å². The number of hydrogen-bond acceptors (Lipinski definition) is 5. The van der Waals surface area contributed by atoms with E-state index in [9.17, 15) is 9.59 Å². The Morgan fingerprint density at radius 1 is 1.05 bits per heavy atom. The molecule has 2 aromatic carbocycles. The van der Waals surface area contributed by atoms with Crippen LogP contribution in [0.1, 0.15) is 80.8 Å². The normalized spacial score (nSPS) is 23.8. The van der Waals surface area contributed by atoms with Crippen molar-refractivity contribution in [3.05, 3.63) is 53.1 Å². The highest BCUT2D eigenvalue weighted by atomic mass is 16.5. The summed E-state index contributed by atoms with van der Waals surface area (Å²) in [5.74, 6) is -0.0625. The standard InChI is InChI=1S/C35H50N4O3/c1-5-39(30-13-17-42-18-14-30)33-21-29(28-11-9-27(10-12-28)23-38-15-7-6-8-16-38)20-31(26(33)4)34(40)36-22-32-24(2)19-25(3)37-35(32)41/h9-12,20-21,24-25,30,32H,5-8,13-19,22-23H2,1-4H3,(H,36,40)(H,37,41). The lowest BCUT2D eigenvalue weighted by Crippen LogP contribution is -2.50. The van der Waals surface area contributed by atoms with Gasteiger partial charge in [0.25, 0.3) is 5.91 Å². The summed E-state index contributed by atoms with van der Waals surface area (Å²) in [4.78, 5) is 31.5. The number of benzene rings is 2. The Balaban J connectivity index is 1.42. The van der Waals surface area contributed by atoms with Gasteiger partial charge in [0.05, 0.1) is 5.92 Å². The number of nitrogens with zero attached hydrogens (tertiary/aromatic N) is 2. The van der Waals surface area contributed by atoms with Crippen LogP contribution in [0.3, 0.4) is 0 Å². The monoisotopic (exact) mass is 574 g/mol. The molecule has 0 radical (unpaired) electrons. The summed E-state index contributed by atoms with van der Waals surface area (Å²) in [6.45, 7) is 14.5. The number of hydrogen-bond donors (Lipinski definition) is 2. The number of piperidine rings is 2. The summed E-state index contributed by atoms with van der Waals surface area (Å²) in [5.41, 5.74) is 6.28. The maximum absolute atomic E-state index is 13.8. The SMILES string of the molecule is CCN(c1cc(-c2ccc(CN3CCCCC3)cc2)cc(C(=O)NCC2C(=O)NC(C)CC2C)c1C)C1CCOCC1. The van der Waals surface area contributed by atoms with Crippen molar-refractivity contribution in [3.63, 3.8) is 0 Å². The van der Waals surface area contributed by atoms with Crippen LogP contribution in [0.5, 0.6) is 0 Å². The third-order valence-corrected chi connectivity index (χ3v) is 9.67. The number of carbonyl (C=O) groups excluding carboxylic acids is 2. The highest BCUT2D eigenvalue weighted by Gasteiger charge is 2.33. The Hall–Kier alpha value is -2.90. The van der Waals surface area contributed by atoms with Crippen LogP contribution in [0.4, 0.5) is 5.69 Å². The Labute approximate surface area is 252 Å². The van der Waals surface area contributed by atoms with Gasteiger partial charge in [0.2, 0.25) is 5.91 Å². The van der Waals surface area contributed by atoms with Gasteiger partial charge in [-0.2, -0.15) is 0 Å². The van der Waals surface area contributed by atoms with Crippen LogP contribution >= 0.6 is 0 Å². The summed E-state index contributed by atoms with van der Waals surface area (Å²) in [5, 5.41) is 6.19. The zero-order valence-corrected chi connectivity index (χ0v) is 26.1. The summed E-state index contributed by atoms with van der Waals surface area (Å²) >= 11 is 0.